The number of rotatable bonds is 4. The van der Waals surface area contributed by atoms with Crippen LogP contribution in [0.5, 0.6) is 0 Å². The van der Waals surface area contributed by atoms with Crippen LogP contribution in [0.3, 0.4) is 0 Å². The first kappa shape index (κ1) is 13.2. The summed E-state index contributed by atoms with van der Waals surface area (Å²) >= 11 is 0. The van der Waals surface area contributed by atoms with Crippen molar-refractivity contribution >= 4 is 11.0 Å². The maximum Gasteiger partial charge on any atom is 0.134 e. The lowest BCUT2D eigenvalue weighted by molar-refractivity contribution is 0.348. The van der Waals surface area contributed by atoms with Gasteiger partial charge in [0.25, 0.3) is 0 Å². The summed E-state index contributed by atoms with van der Waals surface area (Å²) in [6.45, 7) is 9.96. The summed E-state index contributed by atoms with van der Waals surface area (Å²) in [6.07, 6.45) is 1.16. The van der Waals surface area contributed by atoms with Gasteiger partial charge in [0.15, 0.2) is 0 Å². The highest BCUT2D eigenvalue weighted by Gasteiger charge is 2.13. The van der Waals surface area contributed by atoms with Crippen LogP contribution in [0.25, 0.3) is 11.0 Å². The van der Waals surface area contributed by atoms with E-state index in [1.165, 1.54) is 5.39 Å². The minimum absolute atomic E-state index is 0.264. The zero-order valence-electron chi connectivity index (χ0n) is 11.8. The Morgan fingerprint density at radius 1 is 1.22 bits per heavy atom. The second kappa shape index (κ2) is 5.15. The van der Waals surface area contributed by atoms with Crippen molar-refractivity contribution in [1.82, 2.24) is 5.32 Å². The zero-order chi connectivity index (χ0) is 13.2. The average molecular weight is 245 g/mol. The monoisotopic (exact) mass is 245 g/mol. The second-order valence-electron chi connectivity index (χ2n) is 6.17. The van der Waals surface area contributed by atoms with Crippen LogP contribution in [-0.4, -0.2) is 6.54 Å². The van der Waals surface area contributed by atoms with Crippen molar-refractivity contribution in [3.8, 4) is 0 Å². The summed E-state index contributed by atoms with van der Waals surface area (Å²) < 4.78 is 5.85. The van der Waals surface area contributed by atoms with E-state index in [0.29, 0.717) is 5.41 Å². The molecule has 0 amide bonds. The molecule has 0 aliphatic rings. The maximum absolute atomic E-state index is 5.85. The molecule has 98 valence electrons. The smallest absolute Gasteiger partial charge is 0.134 e. The summed E-state index contributed by atoms with van der Waals surface area (Å²) in [7, 11) is 0. The number of benzene rings is 1. The highest BCUT2D eigenvalue weighted by molar-refractivity contribution is 5.77. The third-order valence-electron chi connectivity index (χ3n) is 3.20. The molecule has 2 heteroatoms. The number of hydrogen-bond acceptors (Lipinski definition) is 2. The molecule has 2 rings (SSSR count). The van der Waals surface area contributed by atoms with Gasteiger partial charge in [0.05, 0.1) is 6.04 Å². The van der Waals surface area contributed by atoms with Crippen LogP contribution in [0.4, 0.5) is 0 Å². The van der Waals surface area contributed by atoms with Crippen molar-refractivity contribution in [2.45, 2.75) is 40.2 Å². The first-order chi connectivity index (χ1) is 8.46. The number of nitrogens with one attached hydrogen (secondary N) is 1. The van der Waals surface area contributed by atoms with Crippen LogP contribution < -0.4 is 5.32 Å². The molecular formula is C16H23NO. The first-order valence-corrected chi connectivity index (χ1v) is 6.67. The molecule has 1 atom stereocenters. The third kappa shape index (κ3) is 3.36. The summed E-state index contributed by atoms with van der Waals surface area (Å²) in [5.74, 6) is 1.02. The molecule has 2 aromatic rings. The van der Waals surface area contributed by atoms with Gasteiger partial charge in [-0.1, -0.05) is 39.0 Å². The molecule has 1 heterocycles. The highest BCUT2D eigenvalue weighted by Crippen LogP contribution is 2.24. The fourth-order valence-corrected chi connectivity index (χ4v) is 1.98. The Kier molecular flexibility index (Phi) is 3.76. The quantitative estimate of drug-likeness (QED) is 0.856. The van der Waals surface area contributed by atoms with Gasteiger partial charge in [-0.15, -0.1) is 0 Å². The maximum atomic E-state index is 5.85. The SMILES string of the molecule is CC(NCCC(C)(C)C)c1cc2ccccc2o1. The predicted molar refractivity (Wildman–Crippen MR) is 76.7 cm³/mol. The van der Waals surface area contributed by atoms with Gasteiger partial charge in [-0.05, 0) is 37.4 Å². The van der Waals surface area contributed by atoms with Crippen molar-refractivity contribution in [1.29, 1.82) is 0 Å². The molecule has 1 N–H and O–H groups in total. The normalized spacial score (nSPS) is 14.0. The lowest BCUT2D eigenvalue weighted by Gasteiger charge is -2.19. The fraction of sp³-hybridized carbons (Fsp3) is 0.500. The van der Waals surface area contributed by atoms with Crippen molar-refractivity contribution in [3.05, 3.63) is 36.1 Å². The average Bonchev–Trinajstić information content (AvgIpc) is 2.70. The van der Waals surface area contributed by atoms with Crippen molar-refractivity contribution in [3.63, 3.8) is 0 Å². The van der Waals surface area contributed by atoms with E-state index in [1.54, 1.807) is 0 Å². The Bertz CT molecular complexity index is 474. The van der Waals surface area contributed by atoms with Crippen molar-refractivity contribution < 1.29 is 4.42 Å². The molecule has 0 fully saturated rings. The fourth-order valence-electron chi connectivity index (χ4n) is 1.98. The van der Waals surface area contributed by atoms with Gasteiger partial charge in [-0.25, -0.2) is 0 Å². The second-order valence-corrected chi connectivity index (χ2v) is 6.17. The molecule has 18 heavy (non-hydrogen) atoms. The lowest BCUT2D eigenvalue weighted by atomic mass is 9.92. The molecule has 0 saturated carbocycles. The van der Waals surface area contributed by atoms with Gasteiger partial charge in [0.1, 0.15) is 11.3 Å². The minimum atomic E-state index is 0.264. The van der Waals surface area contributed by atoms with E-state index in [0.717, 1.165) is 24.3 Å². The Balaban J connectivity index is 1.98. The summed E-state index contributed by atoms with van der Waals surface area (Å²) in [5.41, 5.74) is 1.35. The van der Waals surface area contributed by atoms with Crippen LogP contribution in [0, 0.1) is 5.41 Å². The number of para-hydroxylation sites is 1. The van der Waals surface area contributed by atoms with Gasteiger partial charge >= 0.3 is 0 Å². The van der Waals surface area contributed by atoms with E-state index in [9.17, 15) is 0 Å². The summed E-state index contributed by atoms with van der Waals surface area (Å²) in [5, 5.41) is 4.70. The Labute approximate surface area is 109 Å². The molecule has 2 nitrogen and oxygen atoms in total. The zero-order valence-corrected chi connectivity index (χ0v) is 11.8. The highest BCUT2D eigenvalue weighted by atomic mass is 16.3. The van der Waals surface area contributed by atoms with Crippen LogP contribution >= 0.6 is 0 Å². The van der Waals surface area contributed by atoms with Crippen molar-refractivity contribution in [2.24, 2.45) is 5.41 Å². The molecule has 0 bridgehead atoms. The third-order valence-corrected chi connectivity index (χ3v) is 3.20. The van der Waals surface area contributed by atoms with E-state index in [4.69, 9.17) is 4.42 Å². The Morgan fingerprint density at radius 3 is 2.61 bits per heavy atom. The minimum Gasteiger partial charge on any atom is -0.459 e. The van der Waals surface area contributed by atoms with Gasteiger partial charge in [-0.3, -0.25) is 0 Å². The first-order valence-electron chi connectivity index (χ1n) is 6.67. The van der Waals surface area contributed by atoms with E-state index < -0.39 is 0 Å². The molecule has 0 aliphatic heterocycles. The number of fused-ring (bicyclic) bond motifs is 1. The van der Waals surface area contributed by atoms with Crippen LogP contribution in [-0.2, 0) is 0 Å². The molecule has 1 aromatic carbocycles. The largest absolute Gasteiger partial charge is 0.459 e. The molecular weight excluding hydrogens is 222 g/mol. The molecule has 0 saturated heterocycles. The van der Waals surface area contributed by atoms with Gasteiger partial charge in [0.2, 0.25) is 0 Å². The topological polar surface area (TPSA) is 25.2 Å². The van der Waals surface area contributed by atoms with Crippen molar-refractivity contribution in [2.75, 3.05) is 6.54 Å². The Morgan fingerprint density at radius 2 is 1.94 bits per heavy atom. The number of hydrogen-bond donors (Lipinski definition) is 1. The van der Waals surface area contributed by atoms with E-state index in [1.807, 2.05) is 18.2 Å². The van der Waals surface area contributed by atoms with Crippen LogP contribution in [0.2, 0.25) is 0 Å². The van der Waals surface area contributed by atoms with E-state index >= 15 is 0 Å². The molecule has 1 unspecified atom stereocenters. The van der Waals surface area contributed by atoms with E-state index in [-0.39, 0.29) is 6.04 Å². The van der Waals surface area contributed by atoms with Crippen LogP contribution in [0.15, 0.2) is 34.7 Å². The van der Waals surface area contributed by atoms with Gasteiger partial charge in [-0.2, -0.15) is 0 Å². The Hall–Kier alpha value is -1.28. The lowest BCUT2D eigenvalue weighted by Crippen LogP contribution is -2.23. The van der Waals surface area contributed by atoms with E-state index in [2.05, 4.69) is 45.1 Å². The summed E-state index contributed by atoms with van der Waals surface area (Å²) in [4.78, 5) is 0. The summed E-state index contributed by atoms with van der Waals surface area (Å²) in [6, 6.07) is 10.5. The van der Waals surface area contributed by atoms with Crippen LogP contribution in [0.1, 0.15) is 45.9 Å². The predicted octanol–water partition coefficient (Wildman–Crippen LogP) is 4.52. The molecule has 0 radical (unpaired) electrons. The molecule has 1 aromatic heterocycles. The molecule has 0 spiro atoms. The molecule has 0 aliphatic carbocycles. The van der Waals surface area contributed by atoms with Gasteiger partial charge in [0, 0.05) is 5.39 Å². The standard InChI is InChI=1S/C16H23NO/c1-12(17-10-9-16(2,3)4)15-11-13-7-5-6-8-14(13)18-15/h5-8,11-12,17H,9-10H2,1-4H3. The number of furan rings is 1. The van der Waals surface area contributed by atoms with Gasteiger partial charge < -0.3 is 9.73 Å².